The van der Waals surface area contributed by atoms with Crippen molar-refractivity contribution in [1.82, 2.24) is 10.4 Å². The largest absolute Gasteiger partial charge is 0.301 e. The van der Waals surface area contributed by atoms with Gasteiger partial charge in [0.2, 0.25) is 0 Å². The topological polar surface area (TPSA) is 24.5 Å². The Labute approximate surface area is 100 Å². The molecule has 1 N–H and O–H groups in total. The van der Waals surface area contributed by atoms with E-state index in [9.17, 15) is 0 Å². The molecule has 1 fully saturated rings. The van der Waals surface area contributed by atoms with Crippen molar-refractivity contribution in [2.45, 2.75) is 71.6 Å². The van der Waals surface area contributed by atoms with Gasteiger partial charge in [0.25, 0.3) is 0 Å². The first-order valence-corrected chi connectivity index (χ1v) is 6.56. The second kappa shape index (κ2) is 5.99. The van der Waals surface area contributed by atoms with Crippen LogP contribution in [0.3, 0.4) is 0 Å². The minimum atomic E-state index is -0.0932. The summed E-state index contributed by atoms with van der Waals surface area (Å²) in [7, 11) is 0. The fourth-order valence-corrected chi connectivity index (χ4v) is 2.01. The van der Waals surface area contributed by atoms with Crippen LogP contribution >= 0.6 is 0 Å². The Bertz CT molecular complexity index is 199. The molecule has 96 valence electrons. The molecule has 1 heterocycles. The maximum atomic E-state index is 5.65. The SMILES string of the molecule is CC(C)N1CCCC(NOC(C)(C)C)CC1. The maximum absolute atomic E-state index is 5.65. The molecule has 0 saturated carbocycles. The quantitative estimate of drug-likeness (QED) is 0.751. The fraction of sp³-hybridized carbons (Fsp3) is 1.00. The van der Waals surface area contributed by atoms with Crippen LogP contribution in [0, 0.1) is 0 Å². The molecule has 0 aromatic heterocycles. The highest BCUT2D eigenvalue weighted by molar-refractivity contribution is 4.74. The van der Waals surface area contributed by atoms with E-state index in [1.54, 1.807) is 0 Å². The first kappa shape index (κ1) is 13.9. The van der Waals surface area contributed by atoms with Crippen LogP contribution in [0.4, 0.5) is 0 Å². The van der Waals surface area contributed by atoms with Gasteiger partial charge in [0.1, 0.15) is 0 Å². The van der Waals surface area contributed by atoms with Crippen LogP contribution in [-0.4, -0.2) is 35.7 Å². The number of nitrogens with zero attached hydrogens (tertiary/aromatic N) is 1. The van der Waals surface area contributed by atoms with Crippen molar-refractivity contribution in [3.8, 4) is 0 Å². The molecule has 0 bridgehead atoms. The molecule has 1 aliphatic heterocycles. The monoisotopic (exact) mass is 228 g/mol. The van der Waals surface area contributed by atoms with E-state index in [0.29, 0.717) is 12.1 Å². The van der Waals surface area contributed by atoms with E-state index in [0.717, 1.165) is 0 Å². The highest BCUT2D eigenvalue weighted by atomic mass is 16.7. The lowest BCUT2D eigenvalue weighted by Gasteiger charge is -2.26. The first-order chi connectivity index (χ1) is 7.38. The van der Waals surface area contributed by atoms with Crippen LogP contribution in [0.1, 0.15) is 53.9 Å². The number of nitrogens with one attached hydrogen (secondary N) is 1. The summed E-state index contributed by atoms with van der Waals surface area (Å²) in [4.78, 5) is 8.21. The fourth-order valence-electron chi connectivity index (χ4n) is 2.01. The average molecular weight is 228 g/mol. The van der Waals surface area contributed by atoms with Gasteiger partial charge in [-0.25, -0.2) is 0 Å². The number of hydroxylamine groups is 1. The summed E-state index contributed by atoms with van der Waals surface area (Å²) in [5.41, 5.74) is 3.14. The van der Waals surface area contributed by atoms with Crippen molar-refractivity contribution in [3.63, 3.8) is 0 Å². The summed E-state index contributed by atoms with van der Waals surface area (Å²) in [5.74, 6) is 0. The van der Waals surface area contributed by atoms with Gasteiger partial charge in [0.05, 0.1) is 5.60 Å². The van der Waals surface area contributed by atoms with Gasteiger partial charge < -0.3 is 4.90 Å². The third-order valence-electron chi connectivity index (χ3n) is 3.02. The normalized spacial score (nSPS) is 24.8. The summed E-state index contributed by atoms with van der Waals surface area (Å²) in [5, 5.41) is 0. The highest BCUT2D eigenvalue weighted by Crippen LogP contribution is 2.14. The summed E-state index contributed by atoms with van der Waals surface area (Å²) < 4.78 is 0. The first-order valence-electron chi connectivity index (χ1n) is 6.56. The van der Waals surface area contributed by atoms with Crippen molar-refractivity contribution in [2.24, 2.45) is 0 Å². The second-order valence-corrected chi connectivity index (χ2v) is 6.09. The minimum absolute atomic E-state index is 0.0932. The van der Waals surface area contributed by atoms with E-state index >= 15 is 0 Å². The van der Waals surface area contributed by atoms with Crippen molar-refractivity contribution in [3.05, 3.63) is 0 Å². The average Bonchev–Trinajstić information content (AvgIpc) is 2.38. The Morgan fingerprint density at radius 3 is 2.44 bits per heavy atom. The zero-order valence-electron chi connectivity index (χ0n) is 11.5. The lowest BCUT2D eigenvalue weighted by molar-refractivity contribution is -0.0899. The molecule has 3 heteroatoms. The molecule has 0 aliphatic carbocycles. The van der Waals surface area contributed by atoms with Crippen molar-refractivity contribution < 1.29 is 4.84 Å². The highest BCUT2D eigenvalue weighted by Gasteiger charge is 2.20. The zero-order chi connectivity index (χ0) is 12.2. The lowest BCUT2D eigenvalue weighted by Crippen LogP contribution is -2.38. The van der Waals surface area contributed by atoms with Crippen molar-refractivity contribution in [2.75, 3.05) is 13.1 Å². The number of likely N-dealkylation sites (tertiary alicyclic amines) is 1. The van der Waals surface area contributed by atoms with Crippen LogP contribution in [0.25, 0.3) is 0 Å². The number of hydrogen-bond acceptors (Lipinski definition) is 3. The minimum Gasteiger partial charge on any atom is -0.301 e. The van der Waals surface area contributed by atoms with E-state index in [-0.39, 0.29) is 5.60 Å². The molecular formula is C13H28N2O. The Balaban J connectivity index is 2.30. The second-order valence-electron chi connectivity index (χ2n) is 6.09. The van der Waals surface area contributed by atoms with E-state index in [2.05, 4.69) is 45.0 Å². The van der Waals surface area contributed by atoms with Crippen LogP contribution in [-0.2, 0) is 4.84 Å². The number of rotatable bonds is 3. The van der Waals surface area contributed by atoms with Crippen molar-refractivity contribution in [1.29, 1.82) is 0 Å². The van der Waals surface area contributed by atoms with Gasteiger partial charge in [-0.2, -0.15) is 5.48 Å². The Morgan fingerprint density at radius 1 is 1.19 bits per heavy atom. The molecule has 1 aliphatic rings. The van der Waals surface area contributed by atoms with Crippen molar-refractivity contribution >= 4 is 0 Å². The van der Waals surface area contributed by atoms with E-state index in [1.165, 1.54) is 32.4 Å². The van der Waals surface area contributed by atoms with Crippen LogP contribution in [0.5, 0.6) is 0 Å². The van der Waals surface area contributed by atoms with Gasteiger partial charge >= 0.3 is 0 Å². The number of hydrogen-bond donors (Lipinski definition) is 1. The van der Waals surface area contributed by atoms with Crippen LogP contribution in [0.15, 0.2) is 0 Å². The van der Waals surface area contributed by atoms with Gasteiger partial charge in [-0.3, -0.25) is 4.84 Å². The van der Waals surface area contributed by atoms with Gasteiger partial charge in [0.15, 0.2) is 0 Å². The maximum Gasteiger partial charge on any atom is 0.0813 e. The molecule has 1 unspecified atom stereocenters. The third kappa shape index (κ3) is 5.28. The van der Waals surface area contributed by atoms with E-state index in [4.69, 9.17) is 4.84 Å². The molecular weight excluding hydrogens is 200 g/mol. The van der Waals surface area contributed by atoms with Gasteiger partial charge in [-0.15, -0.1) is 0 Å². The van der Waals surface area contributed by atoms with E-state index < -0.39 is 0 Å². The molecule has 0 aromatic carbocycles. The van der Waals surface area contributed by atoms with Gasteiger partial charge in [-0.05, 0) is 67.0 Å². The lowest BCUT2D eigenvalue weighted by atomic mass is 10.1. The predicted octanol–water partition coefficient (Wildman–Crippen LogP) is 2.57. The molecule has 0 amide bonds. The molecule has 0 spiro atoms. The molecule has 1 rings (SSSR count). The summed E-state index contributed by atoms with van der Waals surface area (Å²) in [6, 6.07) is 1.19. The molecule has 16 heavy (non-hydrogen) atoms. The Hall–Kier alpha value is -0.120. The molecule has 1 atom stereocenters. The molecule has 0 aromatic rings. The molecule has 1 saturated heterocycles. The van der Waals surface area contributed by atoms with Gasteiger partial charge in [-0.1, -0.05) is 0 Å². The third-order valence-corrected chi connectivity index (χ3v) is 3.02. The van der Waals surface area contributed by atoms with Gasteiger partial charge in [0, 0.05) is 12.1 Å². The van der Waals surface area contributed by atoms with E-state index in [1.807, 2.05) is 0 Å². The Morgan fingerprint density at radius 2 is 1.88 bits per heavy atom. The predicted molar refractivity (Wildman–Crippen MR) is 68.3 cm³/mol. The molecule has 0 radical (unpaired) electrons. The summed E-state index contributed by atoms with van der Waals surface area (Å²) in [6.07, 6.45) is 3.68. The summed E-state index contributed by atoms with van der Waals surface area (Å²) in [6.45, 7) is 13.2. The summed E-state index contributed by atoms with van der Waals surface area (Å²) >= 11 is 0. The Kier molecular flexibility index (Phi) is 5.22. The standard InChI is InChI=1S/C13H28N2O/c1-11(2)15-9-6-7-12(8-10-15)14-16-13(3,4)5/h11-12,14H,6-10H2,1-5H3. The molecule has 3 nitrogen and oxygen atoms in total. The smallest absolute Gasteiger partial charge is 0.0813 e. The zero-order valence-corrected chi connectivity index (χ0v) is 11.5. The van der Waals surface area contributed by atoms with Crippen LogP contribution < -0.4 is 5.48 Å². The van der Waals surface area contributed by atoms with Crippen LogP contribution in [0.2, 0.25) is 0 Å².